The maximum Gasteiger partial charge on any atom is 0.0752 e. The highest BCUT2D eigenvalue weighted by Gasteiger charge is 2.26. The van der Waals surface area contributed by atoms with Gasteiger partial charge in [-0.05, 0) is 51.1 Å². The van der Waals surface area contributed by atoms with Crippen LogP contribution < -0.4 is 5.32 Å². The van der Waals surface area contributed by atoms with Crippen molar-refractivity contribution in [2.75, 3.05) is 18.9 Å². The van der Waals surface area contributed by atoms with Gasteiger partial charge in [-0.15, -0.1) is 0 Å². The van der Waals surface area contributed by atoms with Crippen LogP contribution in [0.1, 0.15) is 18.9 Å². The second-order valence-corrected chi connectivity index (χ2v) is 6.22. The Bertz CT molecular complexity index is 631. The number of nitrogens with one attached hydrogen (secondary N) is 1. The SMILES string of the molecule is Cc1cc(Cl)c(NC2CC(C)N(C)C2)c2cccnc12. The average molecular weight is 290 g/mol. The minimum Gasteiger partial charge on any atom is -0.379 e. The zero-order chi connectivity index (χ0) is 14.3. The van der Waals surface area contributed by atoms with Crippen molar-refractivity contribution in [3.8, 4) is 0 Å². The molecule has 0 amide bonds. The van der Waals surface area contributed by atoms with Crippen molar-refractivity contribution in [1.29, 1.82) is 0 Å². The molecular weight excluding hydrogens is 270 g/mol. The molecule has 4 heteroatoms. The Labute approximate surface area is 124 Å². The Morgan fingerprint density at radius 3 is 2.95 bits per heavy atom. The molecule has 1 saturated heterocycles. The minimum atomic E-state index is 0.443. The van der Waals surface area contributed by atoms with Crippen molar-refractivity contribution in [2.45, 2.75) is 32.4 Å². The van der Waals surface area contributed by atoms with Crippen LogP contribution in [-0.4, -0.2) is 35.6 Å². The van der Waals surface area contributed by atoms with Gasteiger partial charge in [-0.1, -0.05) is 11.6 Å². The first-order chi connectivity index (χ1) is 9.56. The van der Waals surface area contributed by atoms with Crippen LogP contribution in [0.5, 0.6) is 0 Å². The summed E-state index contributed by atoms with van der Waals surface area (Å²) in [5.41, 5.74) is 3.17. The molecule has 3 rings (SSSR count). The smallest absolute Gasteiger partial charge is 0.0752 e. The number of pyridine rings is 1. The van der Waals surface area contributed by atoms with Gasteiger partial charge in [0.25, 0.3) is 0 Å². The molecule has 1 N–H and O–H groups in total. The molecule has 2 atom stereocenters. The van der Waals surface area contributed by atoms with Gasteiger partial charge >= 0.3 is 0 Å². The number of aromatic nitrogens is 1. The standard InChI is InChI=1S/C16H20ClN3/c1-10-7-14(17)16(13-5-4-6-18-15(10)13)19-12-8-11(2)20(3)9-12/h4-7,11-12,19H,8-9H2,1-3H3. The molecule has 2 heterocycles. The van der Waals surface area contributed by atoms with Crippen LogP contribution in [0.25, 0.3) is 10.9 Å². The minimum absolute atomic E-state index is 0.443. The van der Waals surface area contributed by atoms with Gasteiger partial charge in [-0.3, -0.25) is 4.98 Å². The lowest BCUT2D eigenvalue weighted by atomic mass is 10.1. The number of halogens is 1. The number of benzene rings is 1. The number of likely N-dealkylation sites (N-methyl/N-ethyl adjacent to an activating group) is 1. The Balaban J connectivity index is 1.99. The zero-order valence-corrected chi connectivity index (χ0v) is 12.9. The van der Waals surface area contributed by atoms with Crippen molar-refractivity contribution < 1.29 is 0 Å². The maximum atomic E-state index is 6.46. The molecule has 1 aliphatic heterocycles. The highest BCUT2D eigenvalue weighted by molar-refractivity contribution is 6.35. The molecule has 0 spiro atoms. The summed E-state index contributed by atoms with van der Waals surface area (Å²) in [4.78, 5) is 6.85. The van der Waals surface area contributed by atoms with E-state index < -0.39 is 0 Å². The van der Waals surface area contributed by atoms with Gasteiger partial charge in [0.15, 0.2) is 0 Å². The van der Waals surface area contributed by atoms with Crippen LogP contribution in [0.4, 0.5) is 5.69 Å². The fourth-order valence-corrected chi connectivity index (χ4v) is 3.35. The topological polar surface area (TPSA) is 28.2 Å². The Hall–Kier alpha value is -1.32. The van der Waals surface area contributed by atoms with Gasteiger partial charge in [0, 0.05) is 30.2 Å². The van der Waals surface area contributed by atoms with E-state index in [1.165, 1.54) is 0 Å². The van der Waals surface area contributed by atoms with E-state index in [2.05, 4.69) is 42.2 Å². The fraction of sp³-hybridized carbons (Fsp3) is 0.438. The number of hydrogen-bond acceptors (Lipinski definition) is 3. The lowest BCUT2D eigenvalue weighted by Gasteiger charge is -2.18. The Morgan fingerprint density at radius 2 is 2.25 bits per heavy atom. The number of aryl methyl sites for hydroxylation is 1. The maximum absolute atomic E-state index is 6.46. The molecule has 1 aromatic carbocycles. The molecule has 0 saturated carbocycles. The first-order valence-corrected chi connectivity index (χ1v) is 7.44. The number of rotatable bonds is 2. The first kappa shape index (κ1) is 13.7. The number of anilines is 1. The summed E-state index contributed by atoms with van der Waals surface area (Å²) in [5.74, 6) is 0. The summed E-state index contributed by atoms with van der Waals surface area (Å²) in [6.45, 7) is 5.36. The molecule has 2 aromatic rings. The normalized spacial score (nSPS) is 23.4. The van der Waals surface area contributed by atoms with Gasteiger partial charge in [0.1, 0.15) is 0 Å². The first-order valence-electron chi connectivity index (χ1n) is 7.07. The third-order valence-corrected chi connectivity index (χ3v) is 4.57. The van der Waals surface area contributed by atoms with Crippen molar-refractivity contribution in [1.82, 2.24) is 9.88 Å². The predicted molar refractivity (Wildman–Crippen MR) is 85.6 cm³/mol. The van der Waals surface area contributed by atoms with Crippen molar-refractivity contribution >= 4 is 28.2 Å². The van der Waals surface area contributed by atoms with Crippen LogP contribution in [0, 0.1) is 6.92 Å². The molecule has 0 aliphatic carbocycles. The van der Waals surface area contributed by atoms with E-state index in [0.717, 1.165) is 40.1 Å². The Kier molecular flexibility index (Phi) is 3.57. The third kappa shape index (κ3) is 2.36. The lowest BCUT2D eigenvalue weighted by Crippen LogP contribution is -2.25. The highest BCUT2D eigenvalue weighted by atomic mass is 35.5. The van der Waals surface area contributed by atoms with Crippen LogP contribution in [0.15, 0.2) is 24.4 Å². The molecule has 0 bridgehead atoms. The van der Waals surface area contributed by atoms with Gasteiger partial charge < -0.3 is 10.2 Å². The molecule has 0 radical (unpaired) electrons. The van der Waals surface area contributed by atoms with Gasteiger partial charge in [-0.2, -0.15) is 0 Å². The van der Waals surface area contributed by atoms with E-state index >= 15 is 0 Å². The van der Waals surface area contributed by atoms with E-state index in [9.17, 15) is 0 Å². The molecule has 3 nitrogen and oxygen atoms in total. The third-order valence-electron chi connectivity index (χ3n) is 4.27. The summed E-state index contributed by atoms with van der Waals surface area (Å²) in [7, 11) is 2.17. The van der Waals surface area contributed by atoms with E-state index in [1.54, 1.807) is 0 Å². The largest absolute Gasteiger partial charge is 0.379 e. The van der Waals surface area contributed by atoms with Crippen molar-refractivity contribution in [3.63, 3.8) is 0 Å². The van der Waals surface area contributed by atoms with E-state index in [0.29, 0.717) is 12.1 Å². The van der Waals surface area contributed by atoms with Gasteiger partial charge in [-0.25, -0.2) is 0 Å². The van der Waals surface area contributed by atoms with Crippen molar-refractivity contribution in [2.24, 2.45) is 0 Å². The predicted octanol–water partition coefficient (Wildman–Crippen LogP) is 3.70. The number of nitrogens with zero attached hydrogens (tertiary/aromatic N) is 2. The summed E-state index contributed by atoms with van der Waals surface area (Å²) in [5, 5.41) is 5.52. The molecule has 1 aliphatic rings. The molecule has 106 valence electrons. The quantitative estimate of drug-likeness (QED) is 0.914. The Morgan fingerprint density at radius 1 is 1.45 bits per heavy atom. The van der Waals surface area contributed by atoms with Crippen LogP contribution in [-0.2, 0) is 0 Å². The van der Waals surface area contributed by atoms with Crippen LogP contribution >= 0.6 is 11.6 Å². The monoisotopic (exact) mass is 289 g/mol. The van der Waals surface area contributed by atoms with E-state index in [-0.39, 0.29) is 0 Å². The van der Waals surface area contributed by atoms with Crippen molar-refractivity contribution in [3.05, 3.63) is 35.0 Å². The van der Waals surface area contributed by atoms with Gasteiger partial charge in [0.05, 0.1) is 16.2 Å². The number of hydrogen-bond donors (Lipinski definition) is 1. The summed E-state index contributed by atoms with van der Waals surface area (Å²) in [6, 6.07) is 7.11. The molecule has 1 fully saturated rings. The van der Waals surface area contributed by atoms with Gasteiger partial charge in [0.2, 0.25) is 0 Å². The second-order valence-electron chi connectivity index (χ2n) is 5.82. The number of fused-ring (bicyclic) bond motifs is 1. The highest BCUT2D eigenvalue weighted by Crippen LogP contribution is 2.34. The fourth-order valence-electron chi connectivity index (χ4n) is 3.03. The summed E-state index contributed by atoms with van der Waals surface area (Å²) < 4.78 is 0. The summed E-state index contributed by atoms with van der Waals surface area (Å²) >= 11 is 6.46. The summed E-state index contributed by atoms with van der Waals surface area (Å²) in [6.07, 6.45) is 2.97. The van der Waals surface area contributed by atoms with Crippen LogP contribution in [0.3, 0.4) is 0 Å². The molecular formula is C16H20ClN3. The lowest BCUT2D eigenvalue weighted by molar-refractivity contribution is 0.330. The molecule has 20 heavy (non-hydrogen) atoms. The zero-order valence-electron chi connectivity index (χ0n) is 12.2. The number of likely N-dealkylation sites (tertiary alicyclic amines) is 1. The second kappa shape index (κ2) is 5.23. The molecule has 1 aromatic heterocycles. The van der Waals surface area contributed by atoms with Crippen LogP contribution in [0.2, 0.25) is 5.02 Å². The molecule has 2 unspecified atom stereocenters. The van der Waals surface area contributed by atoms with E-state index in [4.69, 9.17) is 11.6 Å². The average Bonchev–Trinajstić information content (AvgIpc) is 2.73. The van der Waals surface area contributed by atoms with E-state index in [1.807, 2.05) is 18.3 Å².